The second-order valence-electron chi connectivity index (χ2n) is 3.32. The largest absolute Gasteiger partial charge is 0.463 e. The van der Waals surface area contributed by atoms with Crippen LogP contribution in [0.3, 0.4) is 0 Å². The second kappa shape index (κ2) is 4.59. The Morgan fingerprint density at radius 2 is 1.94 bits per heavy atom. The minimum absolute atomic E-state index is 0.473. The number of rotatable bonds is 3. The molecular formula is C9H8F5NOS. The first-order valence-corrected chi connectivity index (χ1v) is 5.38. The Labute approximate surface area is 97.4 Å². The van der Waals surface area contributed by atoms with Crippen molar-refractivity contribution >= 4 is 17.2 Å². The van der Waals surface area contributed by atoms with E-state index in [1.165, 1.54) is 24.3 Å². The van der Waals surface area contributed by atoms with Crippen LogP contribution >= 0.6 is 11.3 Å². The number of hydrogen-bond donors (Lipinski definition) is 1. The molecule has 0 saturated carbocycles. The Kier molecular flexibility index (Phi) is 3.75. The molecule has 0 aliphatic heterocycles. The number of thiophene rings is 1. The van der Waals surface area contributed by atoms with Crippen LogP contribution in [0.15, 0.2) is 16.8 Å². The molecule has 1 atom stereocenters. The molecule has 1 aromatic rings. The quantitative estimate of drug-likeness (QED) is 0.842. The molecule has 17 heavy (non-hydrogen) atoms. The number of nitrogens with one attached hydrogen (secondary N) is 1. The first kappa shape index (κ1) is 13.9. The molecule has 0 spiro atoms. The van der Waals surface area contributed by atoms with Crippen molar-refractivity contribution in [1.82, 2.24) is 5.32 Å². The molecular weight excluding hydrogens is 265 g/mol. The van der Waals surface area contributed by atoms with Crippen molar-refractivity contribution in [2.24, 2.45) is 0 Å². The average molecular weight is 273 g/mol. The van der Waals surface area contributed by atoms with Gasteiger partial charge in [0, 0.05) is 0 Å². The lowest BCUT2D eigenvalue weighted by Gasteiger charge is -2.21. The number of carbonyl (C=O) groups is 1. The molecule has 1 aromatic heterocycles. The summed E-state index contributed by atoms with van der Waals surface area (Å²) in [4.78, 5) is 10.8. The Bertz CT molecular complexity index is 387. The average Bonchev–Trinajstić information content (AvgIpc) is 2.68. The van der Waals surface area contributed by atoms with Crippen LogP contribution in [0.25, 0.3) is 0 Å². The van der Waals surface area contributed by atoms with E-state index in [0.29, 0.717) is 5.56 Å². The van der Waals surface area contributed by atoms with Gasteiger partial charge >= 0.3 is 18.0 Å². The van der Waals surface area contributed by atoms with E-state index in [1.54, 1.807) is 16.1 Å². The summed E-state index contributed by atoms with van der Waals surface area (Å²) in [6, 6.07) is 0.628. The fourth-order valence-electron chi connectivity index (χ4n) is 1.02. The lowest BCUT2D eigenvalue weighted by Crippen LogP contribution is -2.50. The fraction of sp³-hybridized carbons (Fsp3) is 0.444. The third-order valence-corrected chi connectivity index (χ3v) is 2.73. The number of halogens is 5. The molecule has 2 nitrogen and oxygen atoms in total. The molecule has 96 valence electrons. The van der Waals surface area contributed by atoms with E-state index < -0.39 is 24.0 Å². The van der Waals surface area contributed by atoms with Crippen LogP contribution in [0.2, 0.25) is 0 Å². The number of carbonyl (C=O) groups excluding carboxylic acids is 1. The van der Waals surface area contributed by atoms with E-state index in [0.717, 1.165) is 0 Å². The Morgan fingerprint density at radius 3 is 2.35 bits per heavy atom. The molecule has 0 fully saturated rings. The number of hydrogen-bond acceptors (Lipinski definition) is 2. The van der Waals surface area contributed by atoms with E-state index >= 15 is 0 Å². The van der Waals surface area contributed by atoms with Crippen LogP contribution in [-0.2, 0) is 4.79 Å². The third-order valence-electron chi connectivity index (χ3n) is 2.03. The molecule has 0 aliphatic rings. The van der Waals surface area contributed by atoms with Crippen LogP contribution in [0.4, 0.5) is 22.0 Å². The summed E-state index contributed by atoms with van der Waals surface area (Å²) in [6.45, 7) is 1.33. The van der Waals surface area contributed by atoms with Gasteiger partial charge in [0.1, 0.15) is 0 Å². The molecule has 1 N–H and O–H groups in total. The zero-order valence-electron chi connectivity index (χ0n) is 8.52. The maximum atomic E-state index is 12.6. The Balaban J connectivity index is 2.73. The van der Waals surface area contributed by atoms with Crippen LogP contribution in [0.5, 0.6) is 0 Å². The van der Waals surface area contributed by atoms with E-state index in [2.05, 4.69) is 0 Å². The van der Waals surface area contributed by atoms with Gasteiger partial charge in [-0.15, -0.1) is 0 Å². The maximum Gasteiger partial charge on any atom is 0.463 e. The molecule has 0 saturated heterocycles. The zero-order valence-corrected chi connectivity index (χ0v) is 9.33. The Morgan fingerprint density at radius 1 is 1.35 bits per heavy atom. The lowest BCUT2D eigenvalue weighted by atomic mass is 10.1. The summed E-state index contributed by atoms with van der Waals surface area (Å²) in [7, 11) is 0. The molecule has 0 aromatic carbocycles. The van der Waals surface area contributed by atoms with Crippen molar-refractivity contribution in [1.29, 1.82) is 0 Å². The Hall–Kier alpha value is -1.18. The number of alkyl halides is 5. The molecule has 1 unspecified atom stereocenters. The van der Waals surface area contributed by atoms with Crippen molar-refractivity contribution in [2.45, 2.75) is 25.1 Å². The predicted molar refractivity (Wildman–Crippen MR) is 51.9 cm³/mol. The van der Waals surface area contributed by atoms with E-state index in [9.17, 15) is 26.7 Å². The highest BCUT2D eigenvalue weighted by Crippen LogP contribution is 2.36. The lowest BCUT2D eigenvalue weighted by molar-refractivity contribution is -0.270. The van der Waals surface area contributed by atoms with Crippen LogP contribution in [0, 0.1) is 0 Å². The summed E-state index contributed by atoms with van der Waals surface area (Å²) in [5.74, 6) is -7.72. The van der Waals surface area contributed by atoms with Gasteiger partial charge in [-0.3, -0.25) is 4.79 Å². The summed E-state index contributed by atoms with van der Waals surface area (Å²) in [6.07, 6.45) is -5.88. The van der Waals surface area contributed by atoms with Crippen LogP contribution in [0.1, 0.15) is 18.5 Å². The maximum absolute atomic E-state index is 12.6. The SMILES string of the molecule is CC(NC(=O)C(F)(F)C(F)(F)F)c1ccsc1. The second-order valence-corrected chi connectivity index (χ2v) is 4.10. The van der Waals surface area contributed by atoms with Crippen molar-refractivity contribution in [3.8, 4) is 0 Å². The van der Waals surface area contributed by atoms with Crippen LogP contribution in [-0.4, -0.2) is 18.0 Å². The van der Waals surface area contributed by atoms with Gasteiger partial charge in [0.25, 0.3) is 0 Å². The van der Waals surface area contributed by atoms with Crippen molar-refractivity contribution in [3.63, 3.8) is 0 Å². The van der Waals surface area contributed by atoms with Crippen LogP contribution < -0.4 is 5.32 Å². The highest BCUT2D eigenvalue weighted by Gasteiger charge is 2.63. The summed E-state index contributed by atoms with van der Waals surface area (Å²) < 4.78 is 60.8. The summed E-state index contributed by atoms with van der Waals surface area (Å²) in [5, 5.41) is 4.80. The van der Waals surface area contributed by atoms with Crippen molar-refractivity contribution in [2.75, 3.05) is 0 Å². The molecule has 0 bridgehead atoms. The smallest absolute Gasteiger partial charge is 0.344 e. The molecule has 8 heteroatoms. The van der Waals surface area contributed by atoms with E-state index in [-0.39, 0.29) is 0 Å². The van der Waals surface area contributed by atoms with Gasteiger partial charge in [-0.2, -0.15) is 33.3 Å². The zero-order chi connectivity index (χ0) is 13.3. The van der Waals surface area contributed by atoms with E-state index in [1.807, 2.05) is 0 Å². The molecule has 0 radical (unpaired) electrons. The summed E-state index contributed by atoms with van der Waals surface area (Å²) in [5.41, 5.74) is 0.473. The van der Waals surface area contributed by atoms with E-state index in [4.69, 9.17) is 0 Å². The van der Waals surface area contributed by atoms with Crippen molar-refractivity contribution in [3.05, 3.63) is 22.4 Å². The molecule has 1 amide bonds. The predicted octanol–water partition coefficient (Wildman–Crippen LogP) is 3.12. The monoisotopic (exact) mass is 273 g/mol. The first-order chi connectivity index (χ1) is 7.66. The van der Waals surface area contributed by atoms with Gasteiger partial charge in [-0.05, 0) is 29.3 Å². The minimum Gasteiger partial charge on any atom is -0.344 e. The molecule has 1 rings (SSSR count). The van der Waals surface area contributed by atoms with Gasteiger partial charge in [0.15, 0.2) is 0 Å². The fourth-order valence-corrected chi connectivity index (χ4v) is 1.77. The van der Waals surface area contributed by atoms with Crippen molar-refractivity contribution < 1.29 is 26.7 Å². The first-order valence-electron chi connectivity index (χ1n) is 4.44. The highest BCUT2D eigenvalue weighted by molar-refractivity contribution is 7.07. The van der Waals surface area contributed by atoms with Gasteiger partial charge in [-0.25, -0.2) is 0 Å². The van der Waals surface area contributed by atoms with Gasteiger partial charge < -0.3 is 5.32 Å². The van der Waals surface area contributed by atoms with Gasteiger partial charge in [-0.1, -0.05) is 0 Å². The standard InChI is InChI=1S/C9H8F5NOS/c1-5(6-2-3-17-4-6)15-7(16)8(10,11)9(12,13)14/h2-5H,1H3,(H,15,16). The highest BCUT2D eigenvalue weighted by atomic mass is 32.1. The third kappa shape index (κ3) is 2.93. The van der Waals surface area contributed by atoms with Gasteiger partial charge in [0.05, 0.1) is 6.04 Å². The normalized spacial score (nSPS) is 14.5. The van der Waals surface area contributed by atoms with Gasteiger partial charge in [0.2, 0.25) is 0 Å². The molecule has 0 aliphatic carbocycles. The topological polar surface area (TPSA) is 29.1 Å². The number of amides is 1. The minimum atomic E-state index is -5.88. The molecule has 1 heterocycles. The summed E-state index contributed by atoms with van der Waals surface area (Å²) >= 11 is 1.25.